The molecule has 24 nitrogen and oxygen atoms in total. The average molecular weight is 623 g/mol. The van der Waals surface area contributed by atoms with Gasteiger partial charge in [0.1, 0.15) is 0 Å². The summed E-state index contributed by atoms with van der Waals surface area (Å²) in [6.45, 7) is 0. The summed E-state index contributed by atoms with van der Waals surface area (Å²) in [6, 6.07) is 0. The van der Waals surface area contributed by atoms with Crippen LogP contribution in [0.3, 0.4) is 0 Å². The third kappa shape index (κ3) is 10.1. The molecular weight excluding hydrogens is 616 g/mol. The van der Waals surface area contributed by atoms with E-state index in [4.69, 9.17) is 15.3 Å². The van der Waals surface area contributed by atoms with Crippen LogP contribution in [0.5, 0.6) is 0 Å². The molecule has 4 heterocycles. The van der Waals surface area contributed by atoms with Crippen molar-refractivity contribution >= 4 is 24.1 Å². The summed E-state index contributed by atoms with van der Waals surface area (Å²) < 4.78 is 0. The van der Waals surface area contributed by atoms with E-state index in [1.807, 2.05) is 0 Å². The molecule has 2 radical (unpaired) electrons. The van der Waals surface area contributed by atoms with Gasteiger partial charge in [0.25, 0.3) is 5.09 Å². The fourth-order valence-electron chi connectivity index (χ4n) is 0.977. The molecule has 0 aromatic heterocycles. The molecule has 7 N–H and O–H groups in total. The van der Waals surface area contributed by atoms with Gasteiger partial charge in [-0.15, -0.1) is 10.1 Å². The second-order valence-electron chi connectivity index (χ2n) is 3.25. The maximum Gasteiger partial charge on any atom is 0.457 e. The van der Waals surface area contributed by atoms with Crippen molar-refractivity contribution in [2.75, 3.05) is 0 Å². The Hall–Kier alpha value is -3.52. The van der Waals surface area contributed by atoms with E-state index in [0.29, 0.717) is 0 Å². The molecule has 0 aromatic carbocycles. The first kappa shape index (κ1) is 31.2. The summed E-state index contributed by atoms with van der Waals surface area (Å²) in [6.07, 6.45) is -1.65. The number of carbonyl (C=O) groups excluding carboxylic acids is 2. The number of hydrogen-bond donors (Lipinski definition) is 2. The van der Waals surface area contributed by atoms with Gasteiger partial charge in [-0.2, -0.15) is 0 Å². The molecule has 4 aliphatic rings. The van der Waals surface area contributed by atoms with Gasteiger partial charge in [-0.3, -0.25) is 9.59 Å². The number of hydrogen-bond acceptors (Lipinski definition) is 10. The monoisotopic (exact) mass is 621 g/mol. The molecule has 0 saturated carbocycles. The number of nitrogens with zero attached hydrogens (tertiary/aromatic N) is 15. The maximum absolute atomic E-state index is 10.3. The molecule has 0 atom stereocenters. The Balaban J connectivity index is -0.000000372. The van der Waals surface area contributed by atoms with Crippen LogP contribution in [0.1, 0.15) is 0 Å². The zero-order valence-electron chi connectivity index (χ0n) is 13.7. The predicted octanol–water partition coefficient (Wildman–Crippen LogP) is 0.860. The van der Waals surface area contributed by atoms with E-state index < -0.39 is 17.3 Å². The van der Waals surface area contributed by atoms with Gasteiger partial charge in [-0.25, -0.2) is 0 Å². The summed E-state index contributed by atoms with van der Waals surface area (Å²) in [7, 11) is 0. The van der Waals surface area contributed by atoms with Crippen LogP contribution in [-0.4, -0.2) is 49.5 Å². The minimum atomic E-state index is -1.50. The zero-order chi connectivity index (χ0) is 18.9. The van der Waals surface area contributed by atoms with E-state index in [2.05, 4.69) is 73.1 Å². The SMILES string of the molecule is O.O=C1[N-][N+](=C2N=NN=N2)[N-]O1.O=C1[N-][N+](=C2N=NN=N2)[N-]O1.O=[N+]([O-])O.[Ag].[Ag].[NH4+]. The van der Waals surface area contributed by atoms with Crippen molar-refractivity contribution in [1.29, 1.82) is 0 Å². The predicted molar refractivity (Wildman–Crippen MR) is 74.7 cm³/mol. The normalized spacial score (nSPS) is 15.6. The summed E-state index contributed by atoms with van der Waals surface area (Å²) in [5.74, 6) is -0.00769. The summed E-state index contributed by atoms with van der Waals surface area (Å²) in [5.41, 5.74) is 12.8. The van der Waals surface area contributed by atoms with Crippen molar-refractivity contribution in [3.8, 4) is 0 Å². The third-order valence-corrected chi connectivity index (χ3v) is 1.72. The third-order valence-electron chi connectivity index (χ3n) is 1.72. The van der Waals surface area contributed by atoms with Gasteiger partial charge in [0.05, 0.1) is 41.4 Å². The van der Waals surface area contributed by atoms with Crippen LogP contribution in [-0.2, 0) is 54.4 Å². The van der Waals surface area contributed by atoms with Crippen LogP contribution >= 0.6 is 0 Å². The largest absolute Gasteiger partial charge is 0.517 e. The standard InChI is InChI=1S/2C2N7O2.2Ag.HNO3.H3N.H2O/c2*10-2-5-9(8-11-2)1-3-6-7-4-1;;;2-1(3)4;;/h;;;;(H,2,3,4);1H3;1H2/q2*-1;;;;;/p+1. The van der Waals surface area contributed by atoms with Gasteiger partial charge in [0.15, 0.2) is 0 Å². The van der Waals surface area contributed by atoms with Crippen LogP contribution in [0.4, 0.5) is 9.59 Å². The van der Waals surface area contributed by atoms with Gasteiger partial charge in [-0.1, -0.05) is 0 Å². The number of rotatable bonds is 0. The van der Waals surface area contributed by atoms with E-state index in [1.165, 1.54) is 0 Å². The quantitative estimate of drug-likeness (QED) is 0.169. The van der Waals surface area contributed by atoms with Gasteiger partial charge in [-0.05, 0) is 0 Å². The number of carbonyl (C=O) groups is 2. The Labute approximate surface area is 193 Å². The summed E-state index contributed by atoms with van der Waals surface area (Å²) in [4.78, 5) is 38.8. The Morgan fingerprint density at radius 3 is 1.30 bits per heavy atom. The van der Waals surface area contributed by atoms with Crippen LogP contribution < -0.4 is 6.15 Å². The molecule has 2 fully saturated rings. The number of amides is 2. The van der Waals surface area contributed by atoms with E-state index in [-0.39, 0.29) is 68.3 Å². The molecule has 4 aliphatic heterocycles. The zero-order valence-corrected chi connectivity index (χ0v) is 16.7. The van der Waals surface area contributed by atoms with Gasteiger partial charge in [0, 0.05) is 44.8 Å². The molecule has 26 heteroatoms. The van der Waals surface area contributed by atoms with E-state index in [9.17, 15) is 9.59 Å². The molecule has 0 aromatic rings. The van der Waals surface area contributed by atoms with Crippen LogP contribution in [0.2, 0.25) is 0 Å². The van der Waals surface area contributed by atoms with E-state index in [0.717, 1.165) is 9.59 Å². The van der Waals surface area contributed by atoms with Crippen LogP contribution in [0.25, 0.3) is 22.0 Å². The smallest absolute Gasteiger partial charge is 0.457 e. The Kier molecular flexibility index (Phi) is 16.0. The summed E-state index contributed by atoms with van der Waals surface area (Å²) in [5, 5.41) is 39.7. The van der Waals surface area contributed by atoms with Crippen molar-refractivity contribution in [2.45, 2.75) is 0 Å². The maximum atomic E-state index is 10.3. The molecule has 0 aliphatic carbocycles. The van der Waals surface area contributed by atoms with Crippen molar-refractivity contribution < 1.29 is 89.4 Å². The number of guanidine groups is 2. The fraction of sp³-hybridized carbons (Fsp3) is 0. The topological polar surface area (TPSA) is 345 Å². The molecular formula is C4H7Ag2N16O8-. The van der Waals surface area contributed by atoms with Crippen molar-refractivity contribution in [1.82, 2.24) is 6.15 Å². The van der Waals surface area contributed by atoms with Crippen molar-refractivity contribution in [2.24, 2.45) is 41.4 Å². The van der Waals surface area contributed by atoms with Crippen LogP contribution in [0, 0.1) is 10.1 Å². The molecule has 0 bridgehead atoms. The second-order valence-corrected chi connectivity index (χ2v) is 3.25. The summed E-state index contributed by atoms with van der Waals surface area (Å²) >= 11 is 0. The molecule has 2 saturated heterocycles. The van der Waals surface area contributed by atoms with Crippen LogP contribution in [0.15, 0.2) is 41.4 Å². The van der Waals surface area contributed by atoms with E-state index in [1.54, 1.807) is 0 Å². The Morgan fingerprint density at radius 2 is 1.10 bits per heavy atom. The van der Waals surface area contributed by atoms with Crippen molar-refractivity contribution in [3.63, 3.8) is 0 Å². The van der Waals surface area contributed by atoms with Gasteiger partial charge < -0.3 is 58.1 Å². The molecule has 174 valence electrons. The Bertz CT molecular complexity index is 711. The molecule has 0 spiro atoms. The molecule has 4 rings (SSSR count). The van der Waals surface area contributed by atoms with Crippen molar-refractivity contribution in [3.05, 3.63) is 32.1 Å². The Morgan fingerprint density at radius 1 is 0.833 bits per heavy atom. The minimum Gasteiger partial charge on any atom is -0.517 e. The van der Waals surface area contributed by atoms with E-state index >= 15 is 0 Å². The number of quaternary nitrogens is 1. The first-order chi connectivity index (χ1) is 12.5. The first-order valence-corrected chi connectivity index (χ1v) is 5.54. The average Bonchev–Trinajstić information content (AvgIpc) is 3.36. The fourth-order valence-corrected chi connectivity index (χ4v) is 0.977. The van der Waals surface area contributed by atoms with Gasteiger partial charge in [0.2, 0.25) is 12.2 Å². The molecule has 2 amide bonds. The first-order valence-electron chi connectivity index (χ1n) is 5.54. The minimum absolute atomic E-state index is 0. The van der Waals surface area contributed by atoms with Gasteiger partial charge >= 0.3 is 11.9 Å². The molecule has 0 unspecified atom stereocenters. The molecule has 30 heavy (non-hydrogen) atoms. The second kappa shape index (κ2) is 15.4.